The molecule has 0 saturated carbocycles. The second-order valence-corrected chi connectivity index (χ2v) is 6.28. The highest BCUT2D eigenvalue weighted by Crippen LogP contribution is 2.16. The molecule has 0 aliphatic carbocycles. The molecule has 132 valence electrons. The van der Waals surface area contributed by atoms with Crippen LogP contribution in [0.25, 0.3) is 0 Å². The van der Waals surface area contributed by atoms with Gasteiger partial charge in [-0.15, -0.1) is 24.0 Å². The maximum absolute atomic E-state index is 5.58. The molecule has 0 saturated heterocycles. The first-order chi connectivity index (χ1) is 11.0. The molecule has 0 spiro atoms. The zero-order chi connectivity index (χ0) is 16.8. The lowest BCUT2D eigenvalue weighted by atomic mass is 10.1. The van der Waals surface area contributed by atoms with E-state index in [0.29, 0.717) is 19.0 Å². The summed E-state index contributed by atoms with van der Waals surface area (Å²) < 4.78 is 6.66. The maximum atomic E-state index is 5.58. The molecule has 1 aromatic carbocycles. The highest BCUT2D eigenvalue weighted by molar-refractivity contribution is 14.0. The van der Waals surface area contributed by atoms with Gasteiger partial charge in [-0.25, -0.2) is 9.98 Å². The molecule has 0 radical (unpaired) electrons. The zero-order valence-corrected chi connectivity index (χ0v) is 18.4. The molecule has 24 heavy (non-hydrogen) atoms. The third kappa shape index (κ3) is 6.08. The zero-order valence-electron chi connectivity index (χ0n) is 14.4. The van der Waals surface area contributed by atoms with Gasteiger partial charge >= 0.3 is 0 Å². The van der Waals surface area contributed by atoms with Crippen molar-refractivity contribution in [1.82, 2.24) is 15.6 Å². The van der Waals surface area contributed by atoms with Crippen LogP contribution >= 0.6 is 39.9 Å². The minimum Gasteiger partial charge on any atom is -0.444 e. The van der Waals surface area contributed by atoms with Crippen molar-refractivity contribution < 1.29 is 4.42 Å². The molecule has 0 amide bonds. The van der Waals surface area contributed by atoms with E-state index in [1.54, 1.807) is 0 Å². The van der Waals surface area contributed by atoms with Gasteiger partial charge in [0, 0.05) is 11.0 Å². The Hall–Kier alpha value is -1.09. The first-order valence-electron chi connectivity index (χ1n) is 7.69. The average molecular weight is 507 g/mol. The molecule has 0 bridgehead atoms. The number of hydrogen-bond donors (Lipinski definition) is 2. The van der Waals surface area contributed by atoms with Crippen molar-refractivity contribution in [2.75, 3.05) is 6.54 Å². The first-order valence-corrected chi connectivity index (χ1v) is 8.49. The van der Waals surface area contributed by atoms with Gasteiger partial charge in [-0.2, -0.15) is 0 Å². The fraction of sp³-hybridized carbons (Fsp3) is 0.412. The maximum Gasteiger partial charge on any atom is 0.214 e. The Morgan fingerprint density at radius 3 is 2.58 bits per heavy atom. The Bertz CT molecular complexity index is 680. The number of aromatic nitrogens is 1. The minimum absolute atomic E-state index is 0. The second-order valence-electron chi connectivity index (χ2n) is 5.37. The van der Waals surface area contributed by atoms with Crippen LogP contribution in [0.2, 0.25) is 0 Å². The Kier molecular flexibility index (Phi) is 8.75. The summed E-state index contributed by atoms with van der Waals surface area (Å²) in [5.41, 5.74) is 3.35. The van der Waals surface area contributed by atoms with Crippen molar-refractivity contribution >= 4 is 45.9 Å². The number of oxazole rings is 1. The topological polar surface area (TPSA) is 62.5 Å². The molecule has 5 nitrogen and oxygen atoms in total. The standard InChI is InChI=1S/C17H23BrN4O.HI/c1-5-19-17(21-10-16-22-12(3)13(4)23-16)20-9-14-6-7-15(18)8-11(14)2;/h6-8H,5,9-10H2,1-4H3,(H2,19,20,21);1H. The number of aryl methyl sites for hydroxylation is 3. The van der Waals surface area contributed by atoms with E-state index in [0.717, 1.165) is 28.4 Å². The molecule has 1 aromatic heterocycles. The molecule has 2 rings (SSSR count). The smallest absolute Gasteiger partial charge is 0.214 e. The van der Waals surface area contributed by atoms with Crippen molar-refractivity contribution in [2.24, 2.45) is 4.99 Å². The fourth-order valence-corrected chi connectivity index (χ4v) is 2.59. The molecule has 1 heterocycles. The number of nitrogens with one attached hydrogen (secondary N) is 2. The highest BCUT2D eigenvalue weighted by atomic mass is 127. The lowest BCUT2D eigenvalue weighted by molar-refractivity contribution is 0.463. The monoisotopic (exact) mass is 506 g/mol. The molecule has 0 fully saturated rings. The lowest BCUT2D eigenvalue weighted by Crippen LogP contribution is -2.36. The number of hydrogen-bond acceptors (Lipinski definition) is 3. The highest BCUT2D eigenvalue weighted by Gasteiger charge is 2.06. The molecule has 0 aliphatic heterocycles. The van der Waals surface area contributed by atoms with Crippen molar-refractivity contribution in [3.8, 4) is 0 Å². The summed E-state index contributed by atoms with van der Waals surface area (Å²) in [6.07, 6.45) is 0. The second kappa shape index (κ2) is 10.0. The van der Waals surface area contributed by atoms with Crippen molar-refractivity contribution in [1.29, 1.82) is 0 Å². The molecule has 2 N–H and O–H groups in total. The van der Waals surface area contributed by atoms with Crippen LogP contribution in [0.4, 0.5) is 0 Å². The van der Waals surface area contributed by atoms with E-state index in [2.05, 4.69) is 55.6 Å². The predicted molar refractivity (Wildman–Crippen MR) is 112 cm³/mol. The minimum atomic E-state index is 0. The molecule has 2 aromatic rings. The van der Waals surface area contributed by atoms with Crippen LogP contribution in [0.1, 0.15) is 35.4 Å². The number of halogens is 2. The van der Waals surface area contributed by atoms with E-state index >= 15 is 0 Å². The van der Waals surface area contributed by atoms with Crippen LogP contribution < -0.4 is 10.6 Å². The Morgan fingerprint density at radius 2 is 2.00 bits per heavy atom. The number of guanidine groups is 1. The Balaban J connectivity index is 0.00000288. The van der Waals surface area contributed by atoms with Crippen LogP contribution in [0.3, 0.4) is 0 Å². The van der Waals surface area contributed by atoms with Gasteiger partial charge in [0.15, 0.2) is 5.96 Å². The van der Waals surface area contributed by atoms with Crippen molar-refractivity contribution in [3.63, 3.8) is 0 Å². The molecule has 0 aliphatic rings. The summed E-state index contributed by atoms with van der Waals surface area (Å²) in [6, 6.07) is 6.23. The van der Waals surface area contributed by atoms with Gasteiger partial charge in [0.05, 0.1) is 18.8 Å². The Labute approximate surface area is 168 Å². The molecule has 7 heteroatoms. The number of rotatable bonds is 5. The van der Waals surface area contributed by atoms with Gasteiger partial charge in [-0.3, -0.25) is 0 Å². The summed E-state index contributed by atoms with van der Waals surface area (Å²) in [7, 11) is 0. The summed E-state index contributed by atoms with van der Waals surface area (Å²) in [5, 5.41) is 6.49. The largest absolute Gasteiger partial charge is 0.444 e. The number of aliphatic imine (C=N–C) groups is 1. The molecule has 0 atom stereocenters. The number of nitrogens with zero attached hydrogens (tertiary/aromatic N) is 2. The van der Waals surface area contributed by atoms with Gasteiger partial charge in [0.2, 0.25) is 5.89 Å². The summed E-state index contributed by atoms with van der Waals surface area (Å²) >= 11 is 3.48. The van der Waals surface area contributed by atoms with Crippen LogP contribution in [0.5, 0.6) is 0 Å². The van der Waals surface area contributed by atoms with Gasteiger partial charge in [-0.05, 0) is 51.0 Å². The van der Waals surface area contributed by atoms with Gasteiger partial charge < -0.3 is 15.1 Å². The summed E-state index contributed by atoms with van der Waals surface area (Å²) in [5.74, 6) is 2.28. The Morgan fingerprint density at radius 1 is 1.25 bits per heavy atom. The average Bonchev–Trinajstić information content (AvgIpc) is 2.82. The predicted octanol–water partition coefficient (Wildman–Crippen LogP) is 4.24. The molecular weight excluding hydrogens is 483 g/mol. The normalized spacial score (nSPS) is 11.1. The third-order valence-electron chi connectivity index (χ3n) is 3.54. The van der Waals surface area contributed by atoms with Crippen LogP contribution in [0, 0.1) is 20.8 Å². The quantitative estimate of drug-likeness (QED) is 0.362. The van der Waals surface area contributed by atoms with E-state index in [9.17, 15) is 0 Å². The van der Waals surface area contributed by atoms with E-state index in [-0.39, 0.29) is 24.0 Å². The van der Waals surface area contributed by atoms with Crippen LogP contribution in [0.15, 0.2) is 32.1 Å². The lowest BCUT2D eigenvalue weighted by Gasteiger charge is -2.10. The van der Waals surface area contributed by atoms with Crippen molar-refractivity contribution in [2.45, 2.75) is 40.8 Å². The molecule has 0 unspecified atom stereocenters. The van der Waals surface area contributed by atoms with Gasteiger partial charge in [0.1, 0.15) is 5.76 Å². The summed E-state index contributed by atoms with van der Waals surface area (Å²) in [4.78, 5) is 9.00. The summed E-state index contributed by atoms with van der Waals surface area (Å²) in [6.45, 7) is 9.93. The van der Waals surface area contributed by atoms with E-state index in [1.165, 1.54) is 11.1 Å². The van der Waals surface area contributed by atoms with Gasteiger partial charge in [-0.1, -0.05) is 22.0 Å². The van der Waals surface area contributed by atoms with E-state index < -0.39 is 0 Å². The van der Waals surface area contributed by atoms with Gasteiger partial charge in [0.25, 0.3) is 0 Å². The number of benzene rings is 1. The van der Waals surface area contributed by atoms with Crippen LogP contribution in [-0.4, -0.2) is 17.5 Å². The van der Waals surface area contributed by atoms with Crippen molar-refractivity contribution in [3.05, 3.63) is 51.1 Å². The SMILES string of the molecule is CCNC(=NCc1ccc(Br)cc1C)NCc1nc(C)c(C)o1.I. The third-order valence-corrected chi connectivity index (χ3v) is 4.03. The van der Waals surface area contributed by atoms with E-state index in [4.69, 9.17) is 4.42 Å². The first kappa shape index (κ1) is 21.0. The fourth-order valence-electron chi connectivity index (χ4n) is 2.12. The molecular formula is C17H24BrIN4O. The van der Waals surface area contributed by atoms with E-state index in [1.807, 2.05) is 26.8 Å². The van der Waals surface area contributed by atoms with Crippen LogP contribution in [-0.2, 0) is 13.1 Å².